The van der Waals surface area contributed by atoms with E-state index < -0.39 is 17.6 Å². The van der Waals surface area contributed by atoms with Crippen LogP contribution in [0.3, 0.4) is 0 Å². The highest BCUT2D eigenvalue weighted by Crippen LogP contribution is 2.30. The maximum Gasteiger partial charge on any atom is 0.338 e. The van der Waals surface area contributed by atoms with Gasteiger partial charge in [-0.2, -0.15) is 0 Å². The third kappa shape index (κ3) is 4.29. The van der Waals surface area contributed by atoms with Crippen molar-refractivity contribution in [2.45, 2.75) is 6.92 Å². The molecular weight excluding hydrogens is 369 g/mol. The number of hydrogen-bond acceptors (Lipinski definition) is 7. The van der Waals surface area contributed by atoms with Crippen LogP contribution in [-0.4, -0.2) is 23.3 Å². The van der Waals surface area contributed by atoms with E-state index in [1.807, 2.05) is 0 Å². The van der Waals surface area contributed by atoms with Gasteiger partial charge in [0.25, 0.3) is 0 Å². The summed E-state index contributed by atoms with van der Waals surface area (Å²) in [5.41, 5.74) is 7.04. The Morgan fingerprint density at radius 3 is 2.67 bits per heavy atom. The highest BCUT2D eigenvalue weighted by atomic mass is 32.1. The molecule has 3 aromatic rings. The number of halogens is 1. The lowest BCUT2D eigenvalue weighted by atomic mass is 10.1. The first kappa shape index (κ1) is 18.5. The van der Waals surface area contributed by atoms with Gasteiger partial charge in [0.2, 0.25) is 5.78 Å². The van der Waals surface area contributed by atoms with E-state index in [-0.39, 0.29) is 22.9 Å². The molecule has 6 nitrogen and oxygen atoms in total. The van der Waals surface area contributed by atoms with Gasteiger partial charge in [-0.3, -0.25) is 4.79 Å². The topological polar surface area (TPSA) is 94.3 Å². The second kappa shape index (κ2) is 7.96. The van der Waals surface area contributed by atoms with Gasteiger partial charge in [0.15, 0.2) is 5.13 Å². The summed E-state index contributed by atoms with van der Waals surface area (Å²) in [6.45, 7) is 2.01. The van der Waals surface area contributed by atoms with E-state index in [4.69, 9.17) is 10.5 Å². The lowest BCUT2D eigenvalue weighted by Crippen LogP contribution is -2.04. The van der Waals surface area contributed by atoms with Crippen molar-refractivity contribution < 1.29 is 18.7 Å². The zero-order valence-corrected chi connectivity index (χ0v) is 15.2. The van der Waals surface area contributed by atoms with Gasteiger partial charge in [-0.15, -0.1) is 0 Å². The van der Waals surface area contributed by atoms with Crippen LogP contribution in [0.5, 0.6) is 0 Å². The van der Waals surface area contributed by atoms with Crippen molar-refractivity contribution in [2.75, 3.05) is 17.7 Å². The summed E-state index contributed by atoms with van der Waals surface area (Å²) in [4.78, 5) is 28.7. The number of anilines is 3. The molecule has 0 unspecified atom stereocenters. The van der Waals surface area contributed by atoms with Crippen LogP contribution in [0.15, 0.2) is 48.5 Å². The summed E-state index contributed by atoms with van der Waals surface area (Å²) in [7, 11) is 0. The van der Waals surface area contributed by atoms with Crippen molar-refractivity contribution in [2.24, 2.45) is 0 Å². The van der Waals surface area contributed by atoms with Crippen molar-refractivity contribution in [3.63, 3.8) is 0 Å². The Labute approximate surface area is 158 Å². The van der Waals surface area contributed by atoms with Gasteiger partial charge >= 0.3 is 5.97 Å². The minimum atomic E-state index is -0.502. The van der Waals surface area contributed by atoms with Crippen molar-refractivity contribution in [1.29, 1.82) is 0 Å². The molecule has 1 heterocycles. The van der Waals surface area contributed by atoms with Crippen LogP contribution in [0.2, 0.25) is 0 Å². The fourth-order valence-electron chi connectivity index (χ4n) is 2.37. The van der Waals surface area contributed by atoms with Crippen LogP contribution >= 0.6 is 11.3 Å². The lowest BCUT2D eigenvalue weighted by molar-refractivity contribution is 0.0526. The van der Waals surface area contributed by atoms with Crippen LogP contribution in [-0.2, 0) is 4.74 Å². The van der Waals surface area contributed by atoms with Crippen LogP contribution in [0.25, 0.3) is 0 Å². The molecule has 0 atom stereocenters. The Kier molecular flexibility index (Phi) is 5.46. The van der Waals surface area contributed by atoms with Gasteiger partial charge in [-0.05, 0) is 37.3 Å². The minimum absolute atomic E-state index is 0.0540. The number of benzene rings is 2. The highest BCUT2D eigenvalue weighted by molar-refractivity contribution is 7.18. The number of nitrogen functional groups attached to an aromatic ring is 1. The highest BCUT2D eigenvalue weighted by Gasteiger charge is 2.18. The van der Waals surface area contributed by atoms with Crippen molar-refractivity contribution in [1.82, 2.24) is 4.98 Å². The molecule has 27 heavy (non-hydrogen) atoms. The minimum Gasteiger partial charge on any atom is -0.462 e. The molecule has 2 aromatic carbocycles. The molecule has 0 amide bonds. The van der Waals surface area contributed by atoms with Crippen molar-refractivity contribution in [3.8, 4) is 0 Å². The number of nitrogens with one attached hydrogen (secondary N) is 1. The van der Waals surface area contributed by atoms with E-state index in [0.717, 1.165) is 17.4 Å². The first-order valence-electron chi connectivity index (χ1n) is 8.08. The van der Waals surface area contributed by atoms with Gasteiger partial charge in [0.1, 0.15) is 16.5 Å². The molecule has 0 aliphatic rings. The molecule has 0 saturated carbocycles. The van der Waals surface area contributed by atoms with E-state index in [0.29, 0.717) is 16.4 Å². The zero-order chi connectivity index (χ0) is 19.4. The molecule has 0 bridgehead atoms. The maximum atomic E-state index is 13.3. The Morgan fingerprint density at radius 2 is 1.93 bits per heavy atom. The average molecular weight is 385 g/mol. The Bertz CT molecular complexity index is 1000. The first-order valence-corrected chi connectivity index (χ1v) is 8.90. The smallest absolute Gasteiger partial charge is 0.338 e. The molecule has 0 saturated heterocycles. The first-order chi connectivity index (χ1) is 13.0. The third-order valence-electron chi connectivity index (χ3n) is 3.57. The molecule has 0 spiro atoms. The van der Waals surface area contributed by atoms with E-state index in [2.05, 4.69) is 10.3 Å². The second-order valence-corrected chi connectivity index (χ2v) is 6.50. The van der Waals surface area contributed by atoms with Gasteiger partial charge in [0, 0.05) is 11.3 Å². The maximum absolute atomic E-state index is 13.3. The Morgan fingerprint density at radius 1 is 1.19 bits per heavy atom. The molecule has 138 valence electrons. The molecular formula is C19H16FN3O3S. The molecule has 0 radical (unpaired) electrons. The number of nitrogens with two attached hydrogens (primary N) is 1. The standard InChI is InChI=1S/C19H16FN3O3S/c1-2-26-18(25)12-6-4-8-14(10-12)22-19-23-17(21)16(27-19)15(24)11-5-3-7-13(20)9-11/h3-10H,2,21H2,1H3,(H,22,23). The van der Waals surface area contributed by atoms with Crippen LogP contribution in [0.1, 0.15) is 32.5 Å². The van der Waals surface area contributed by atoms with E-state index >= 15 is 0 Å². The van der Waals surface area contributed by atoms with Gasteiger partial charge in [0.05, 0.1) is 12.2 Å². The fourth-order valence-corrected chi connectivity index (χ4v) is 3.24. The molecule has 0 aliphatic carbocycles. The Balaban J connectivity index is 1.82. The predicted octanol–water partition coefficient (Wildman–Crippen LogP) is 4.02. The largest absolute Gasteiger partial charge is 0.462 e. The Hall–Kier alpha value is -3.26. The number of aromatic nitrogens is 1. The van der Waals surface area contributed by atoms with Gasteiger partial charge < -0.3 is 15.8 Å². The fraction of sp³-hybridized carbons (Fsp3) is 0.105. The summed E-state index contributed by atoms with van der Waals surface area (Å²) >= 11 is 1.05. The van der Waals surface area contributed by atoms with E-state index in [1.165, 1.54) is 18.2 Å². The number of carbonyl (C=O) groups excluding carboxylic acids is 2. The number of ketones is 1. The molecule has 8 heteroatoms. The summed E-state index contributed by atoms with van der Waals surface area (Å²) < 4.78 is 18.3. The van der Waals surface area contributed by atoms with Crippen LogP contribution in [0, 0.1) is 5.82 Å². The molecule has 3 N–H and O–H groups in total. The molecule has 0 aliphatic heterocycles. The SMILES string of the molecule is CCOC(=O)c1cccc(Nc2nc(N)c(C(=O)c3cccc(F)c3)s2)c1. The van der Waals surface area contributed by atoms with Gasteiger partial charge in [-0.1, -0.05) is 29.5 Å². The van der Waals surface area contributed by atoms with E-state index in [9.17, 15) is 14.0 Å². The average Bonchev–Trinajstić information content (AvgIpc) is 3.01. The van der Waals surface area contributed by atoms with Crippen molar-refractivity contribution >= 4 is 39.7 Å². The number of ether oxygens (including phenoxy) is 1. The summed E-state index contributed by atoms with van der Waals surface area (Å²) in [5.74, 6) is -1.28. The summed E-state index contributed by atoms with van der Waals surface area (Å²) in [6, 6.07) is 12.1. The molecule has 3 rings (SSSR count). The van der Waals surface area contributed by atoms with Crippen LogP contribution < -0.4 is 11.1 Å². The number of nitrogens with zero attached hydrogens (tertiary/aromatic N) is 1. The summed E-state index contributed by atoms with van der Waals surface area (Å²) in [5, 5.41) is 3.40. The lowest BCUT2D eigenvalue weighted by Gasteiger charge is -2.05. The second-order valence-electron chi connectivity index (χ2n) is 5.50. The number of carbonyl (C=O) groups is 2. The molecule has 1 aromatic heterocycles. The molecule has 0 fully saturated rings. The third-order valence-corrected chi connectivity index (χ3v) is 4.56. The quantitative estimate of drug-likeness (QED) is 0.492. The summed E-state index contributed by atoms with van der Waals surface area (Å²) in [6.07, 6.45) is 0. The monoisotopic (exact) mass is 385 g/mol. The zero-order valence-electron chi connectivity index (χ0n) is 14.4. The normalized spacial score (nSPS) is 10.4. The number of hydrogen-bond donors (Lipinski definition) is 2. The number of thiazole rings is 1. The van der Waals surface area contributed by atoms with E-state index in [1.54, 1.807) is 31.2 Å². The predicted molar refractivity (Wildman–Crippen MR) is 102 cm³/mol. The number of esters is 1. The van der Waals surface area contributed by atoms with Gasteiger partial charge in [-0.25, -0.2) is 14.2 Å². The number of rotatable bonds is 6. The van der Waals surface area contributed by atoms with Crippen LogP contribution in [0.4, 0.5) is 21.0 Å². The van der Waals surface area contributed by atoms with Crippen molar-refractivity contribution in [3.05, 3.63) is 70.4 Å².